The summed E-state index contributed by atoms with van der Waals surface area (Å²) in [5, 5.41) is 9.93. The van der Waals surface area contributed by atoms with Crippen LogP contribution in [-0.2, 0) is 12.7 Å². The number of rotatable bonds is 6. The smallest absolute Gasteiger partial charge is 0.363 e. The number of thiocarbonyl (C=S) groups is 1. The van der Waals surface area contributed by atoms with E-state index >= 15 is 0 Å². The quantitative estimate of drug-likeness (QED) is 0.550. The lowest BCUT2D eigenvalue weighted by molar-refractivity contribution is -0.141. The van der Waals surface area contributed by atoms with Crippen LogP contribution in [0.3, 0.4) is 0 Å². The first kappa shape index (κ1) is 20.5. The van der Waals surface area contributed by atoms with Crippen LogP contribution in [0.2, 0.25) is 5.02 Å². The fourth-order valence-electron chi connectivity index (χ4n) is 2.43. The van der Waals surface area contributed by atoms with E-state index < -0.39 is 11.9 Å². The maximum absolute atomic E-state index is 12.8. The van der Waals surface area contributed by atoms with E-state index in [2.05, 4.69) is 15.7 Å². The molecule has 9 heteroatoms. The third-order valence-electron chi connectivity index (χ3n) is 3.88. The number of halogens is 4. The predicted molar refractivity (Wildman–Crippen MR) is 100 cm³/mol. The van der Waals surface area contributed by atoms with Gasteiger partial charge in [0.1, 0.15) is 0 Å². The zero-order valence-electron chi connectivity index (χ0n) is 14.4. The van der Waals surface area contributed by atoms with Crippen molar-refractivity contribution in [1.82, 2.24) is 20.4 Å². The molecule has 4 nitrogen and oxygen atoms in total. The van der Waals surface area contributed by atoms with E-state index in [0.29, 0.717) is 30.3 Å². The fourth-order valence-corrected chi connectivity index (χ4v) is 2.95. The van der Waals surface area contributed by atoms with Gasteiger partial charge in [-0.15, -0.1) is 0 Å². The number of alkyl halides is 3. The summed E-state index contributed by atoms with van der Waals surface area (Å²) < 4.78 is 39.7. The highest BCUT2D eigenvalue weighted by atomic mass is 35.5. The van der Waals surface area contributed by atoms with Gasteiger partial charge in [0.2, 0.25) is 0 Å². The van der Waals surface area contributed by atoms with Crippen LogP contribution < -0.4 is 10.6 Å². The van der Waals surface area contributed by atoms with Crippen molar-refractivity contribution in [2.24, 2.45) is 0 Å². The van der Waals surface area contributed by atoms with Crippen molar-refractivity contribution < 1.29 is 13.2 Å². The first-order valence-electron chi connectivity index (χ1n) is 8.09. The number of nitrogens with one attached hydrogen (secondary N) is 2. The molecular formula is C17H20ClF3N4S. The lowest BCUT2D eigenvalue weighted by Gasteiger charge is -2.17. The van der Waals surface area contributed by atoms with Crippen LogP contribution in [0, 0.1) is 6.92 Å². The average Bonchev–Trinajstić information content (AvgIpc) is 2.88. The van der Waals surface area contributed by atoms with Crippen molar-refractivity contribution in [2.45, 2.75) is 39.0 Å². The summed E-state index contributed by atoms with van der Waals surface area (Å²) >= 11 is 11.0. The van der Waals surface area contributed by atoms with Gasteiger partial charge in [-0.1, -0.05) is 41.9 Å². The molecular weight excluding hydrogens is 385 g/mol. The Kier molecular flexibility index (Phi) is 6.88. The van der Waals surface area contributed by atoms with Gasteiger partial charge in [-0.2, -0.15) is 18.3 Å². The first-order chi connectivity index (χ1) is 12.2. The SMILES string of the molecule is Cc1c(Cl)c(C(F)(F)F)nn1CCCNC(=S)NC(C)c1ccccc1. The van der Waals surface area contributed by atoms with E-state index in [1.54, 1.807) is 0 Å². The molecule has 26 heavy (non-hydrogen) atoms. The first-order valence-corrected chi connectivity index (χ1v) is 8.88. The number of benzene rings is 1. The third kappa shape index (κ3) is 5.35. The summed E-state index contributed by atoms with van der Waals surface area (Å²) in [6.07, 6.45) is -4.00. The maximum Gasteiger partial charge on any atom is 0.436 e. The Morgan fingerprint density at radius 3 is 2.54 bits per heavy atom. The van der Waals surface area contributed by atoms with Crippen LogP contribution in [0.15, 0.2) is 30.3 Å². The van der Waals surface area contributed by atoms with E-state index in [9.17, 15) is 13.2 Å². The van der Waals surface area contributed by atoms with Gasteiger partial charge in [0, 0.05) is 13.1 Å². The van der Waals surface area contributed by atoms with E-state index in [-0.39, 0.29) is 11.1 Å². The van der Waals surface area contributed by atoms with Crippen molar-refractivity contribution in [3.63, 3.8) is 0 Å². The highest BCUT2D eigenvalue weighted by Gasteiger charge is 2.38. The summed E-state index contributed by atoms with van der Waals surface area (Å²) in [5.74, 6) is 0. The third-order valence-corrected chi connectivity index (χ3v) is 4.60. The van der Waals surface area contributed by atoms with Crippen molar-refractivity contribution in [3.05, 3.63) is 52.3 Å². The number of hydrogen-bond donors (Lipinski definition) is 2. The minimum atomic E-state index is -4.55. The van der Waals surface area contributed by atoms with Gasteiger partial charge < -0.3 is 10.6 Å². The monoisotopic (exact) mass is 404 g/mol. The van der Waals surface area contributed by atoms with E-state index in [1.165, 1.54) is 11.6 Å². The Labute approximate surface area is 160 Å². The zero-order chi connectivity index (χ0) is 19.3. The summed E-state index contributed by atoms with van der Waals surface area (Å²) in [6.45, 7) is 4.33. The van der Waals surface area contributed by atoms with Crippen LogP contribution in [0.1, 0.15) is 36.3 Å². The normalized spacial score (nSPS) is 12.7. The lowest BCUT2D eigenvalue weighted by atomic mass is 10.1. The van der Waals surface area contributed by atoms with Crippen LogP contribution in [0.25, 0.3) is 0 Å². The van der Waals surface area contributed by atoms with Crippen molar-refractivity contribution in [1.29, 1.82) is 0 Å². The molecule has 0 fully saturated rings. The fraction of sp³-hybridized carbons (Fsp3) is 0.412. The molecule has 2 N–H and O–H groups in total. The predicted octanol–water partition coefficient (Wildman–Crippen LogP) is 4.48. The molecule has 2 rings (SSSR count). The molecule has 0 aliphatic heterocycles. The van der Waals surface area contributed by atoms with Gasteiger partial charge in [-0.3, -0.25) is 4.68 Å². The number of aromatic nitrogens is 2. The molecule has 0 radical (unpaired) electrons. The van der Waals surface area contributed by atoms with Crippen molar-refractivity contribution in [2.75, 3.05) is 6.54 Å². The summed E-state index contributed by atoms with van der Waals surface area (Å²) in [4.78, 5) is 0. The molecule has 2 aromatic rings. The van der Waals surface area contributed by atoms with Crippen LogP contribution in [-0.4, -0.2) is 21.4 Å². The van der Waals surface area contributed by atoms with Gasteiger partial charge in [0.05, 0.1) is 16.8 Å². The summed E-state index contributed by atoms with van der Waals surface area (Å²) in [5.41, 5.74) is 0.369. The zero-order valence-corrected chi connectivity index (χ0v) is 16.0. The molecule has 1 heterocycles. The Morgan fingerprint density at radius 2 is 1.96 bits per heavy atom. The molecule has 0 amide bonds. The lowest BCUT2D eigenvalue weighted by Crippen LogP contribution is -2.37. The molecule has 1 aromatic heterocycles. The summed E-state index contributed by atoms with van der Waals surface area (Å²) in [6, 6.07) is 9.91. The molecule has 0 bridgehead atoms. The maximum atomic E-state index is 12.8. The van der Waals surface area contributed by atoms with Crippen molar-refractivity contribution >= 4 is 28.9 Å². The van der Waals surface area contributed by atoms with Gasteiger partial charge in [-0.25, -0.2) is 0 Å². The second-order valence-electron chi connectivity index (χ2n) is 5.86. The average molecular weight is 405 g/mol. The minimum Gasteiger partial charge on any atom is -0.363 e. The second kappa shape index (κ2) is 8.73. The van der Waals surface area contributed by atoms with E-state index in [1.807, 2.05) is 37.3 Å². The molecule has 0 saturated heterocycles. The number of aryl methyl sites for hydroxylation is 1. The molecule has 0 aliphatic rings. The Bertz CT molecular complexity index is 746. The highest BCUT2D eigenvalue weighted by Crippen LogP contribution is 2.35. The van der Waals surface area contributed by atoms with Crippen LogP contribution >= 0.6 is 23.8 Å². The molecule has 1 unspecified atom stereocenters. The van der Waals surface area contributed by atoms with Gasteiger partial charge in [0.15, 0.2) is 10.8 Å². The van der Waals surface area contributed by atoms with Gasteiger partial charge in [-0.05, 0) is 38.0 Å². The number of nitrogens with zero attached hydrogens (tertiary/aromatic N) is 2. The molecule has 0 saturated carbocycles. The highest BCUT2D eigenvalue weighted by molar-refractivity contribution is 7.80. The van der Waals surface area contributed by atoms with Crippen LogP contribution in [0.5, 0.6) is 0 Å². The topological polar surface area (TPSA) is 41.9 Å². The standard InChI is InChI=1S/C17H20ClF3N4S/c1-11(13-7-4-3-5-8-13)23-16(26)22-9-6-10-25-12(2)14(18)15(24-25)17(19,20)21/h3-5,7-8,11H,6,9-10H2,1-2H3,(H2,22,23,26). The Morgan fingerprint density at radius 1 is 1.31 bits per heavy atom. The molecule has 142 valence electrons. The second-order valence-corrected chi connectivity index (χ2v) is 6.64. The van der Waals surface area contributed by atoms with Gasteiger partial charge >= 0.3 is 6.18 Å². The summed E-state index contributed by atoms with van der Waals surface area (Å²) in [7, 11) is 0. The molecule has 0 spiro atoms. The Balaban J connectivity index is 1.79. The van der Waals surface area contributed by atoms with E-state index in [0.717, 1.165) is 5.56 Å². The molecule has 0 aliphatic carbocycles. The largest absolute Gasteiger partial charge is 0.436 e. The van der Waals surface area contributed by atoms with Gasteiger partial charge in [0.25, 0.3) is 0 Å². The molecule has 1 aromatic carbocycles. The van der Waals surface area contributed by atoms with E-state index in [4.69, 9.17) is 23.8 Å². The molecule has 1 atom stereocenters. The number of hydrogen-bond acceptors (Lipinski definition) is 2. The van der Waals surface area contributed by atoms with Crippen LogP contribution in [0.4, 0.5) is 13.2 Å². The minimum absolute atomic E-state index is 0.0534. The van der Waals surface area contributed by atoms with Crippen molar-refractivity contribution in [3.8, 4) is 0 Å². The Hall–Kier alpha value is -1.80.